The number of fused-ring (bicyclic) bond motifs is 2. The lowest BCUT2D eigenvalue weighted by molar-refractivity contribution is -0.385. The molecule has 0 fully saturated rings. The molecule has 0 saturated carbocycles. The third-order valence-corrected chi connectivity index (χ3v) is 18.2. The number of carboxylic acids is 1. The van der Waals surface area contributed by atoms with E-state index in [1.807, 2.05) is 0 Å². The highest BCUT2D eigenvalue weighted by atomic mass is 32.2. The first-order chi connectivity index (χ1) is 41.3. The molecule has 0 atom stereocenters. The minimum absolute atomic E-state index is 0.229. The topological polar surface area (TPSA) is 664 Å². The largest absolute Gasteiger partial charge is 0.505 e. The molecule has 0 bridgehead atoms. The van der Waals surface area contributed by atoms with Crippen molar-refractivity contribution < 1.29 is 121 Å². The zero-order valence-corrected chi connectivity index (χ0v) is 49.0. The highest BCUT2D eigenvalue weighted by Crippen LogP contribution is 2.50. The van der Waals surface area contributed by atoms with Gasteiger partial charge in [0, 0.05) is 28.3 Å². The van der Waals surface area contributed by atoms with Gasteiger partial charge in [-0.05, 0) is 85.3 Å². The third kappa shape index (κ3) is 13.1. The number of nitrogens with two attached hydrogens (primary N) is 1. The Kier molecular flexibility index (Phi) is 16.8. The van der Waals surface area contributed by atoms with Crippen LogP contribution in [-0.4, -0.2) is 132 Å². The number of phenolic OH excluding ortho intramolecular Hbond substituents is 2. The van der Waals surface area contributed by atoms with Gasteiger partial charge >= 0.3 is 5.97 Å². The normalized spacial score (nSPS) is 13.2. The number of benzene rings is 7. The lowest BCUT2D eigenvalue weighted by atomic mass is 10.0. The maximum atomic E-state index is 13.2. The number of aryl methyl sites for hydroxylation is 1. The van der Waals surface area contributed by atoms with Gasteiger partial charge in [-0.15, -0.1) is 35.8 Å². The SMILES string of the molecule is Cc1cc(S(=O)(=O)O)c(N=Nc2c(C(=O)O)nn(-c3ccc(S(=O)(=O)O)cc3)c2O)cc1N=Nc1c(S(=O)(=O)O)cc2c(S(=O)(=O)O)c(N=Nc3cc(S(=O)(=O)O)c4cc(S(=O)(=O)O)c(N=Nc5ccc([N+](=O)[O-])cc5S(=O)(=O)O)c(O)c4c3N)ccc2c1O. The fourth-order valence-corrected chi connectivity index (χ4v) is 12.7. The Morgan fingerprint density at radius 2 is 0.967 bits per heavy atom. The van der Waals surface area contributed by atoms with E-state index in [2.05, 4.69) is 46.0 Å². The molecule has 1 aromatic heterocycles. The number of hydrogen-bond acceptors (Lipinski definition) is 30. The zero-order valence-electron chi connectivity index (χ0n) is 43.3. The highest BCUT2D eigenvalue weighted by molar-refractivity contribution is 7.87. The Morgan fingerprint density at radius 3 is 1.49 bits per heavy atom. The molecule has 40 nitrogen and oxygen atoms in total. The van der Waals surface area contributed by atoms with Crippen LogP contribution in [0.1, 0.15) is 16.1 Å². The van der Waals surface area contributed by atoms with Gasteiger partial charge in [0.25, 0.3) is 76.5 Å². The number of nitrogens with zero attached hydrogens (tertiary/aromatic N) is 11. The maximum Gasteiger partial charge on any atom is 0.358 e. The molecule has 0 spiro atoms. The first-order valence-corrected chi connectivity index (χ1v) is 32.9. The summed E-state index contributed by atoms with van der Waals surface area (Å²) in [4.78, 5) is 13.3. The number of azo groups is 4. The van der Waals surface area contributed by atoms with Gasteiger partial charge in [0.15, 0.2) is 17.2 Å². The Hall–Kier alpha value is -9.89. The summed E-state index contributed by atoms with van der Waals surface area (Å²) in [7, 11) is -38.4. The van der Waals surface area contributed by atoms with Gasteiger partial charge in [0.2, 0.25) is 11.6 Å². The Morgan fingerprint density at radius 1 is 0.489 bits per heavy atom. The summed E-state index contributed by atoms with van der Waals surface area (Å²) in [5, 5.41) is 83.5. The number of aromatic nitrogens is 2. The van der Waals surface area contributed by atoms with Crippen LogP contribution in [0.15, 0.2) is 160 Å². The molecule has 1 heterocycles. The first-order valence-electron chi connectivity index (χ1n) is 22.8. The summed E-state index contributed by atoms with van der Waals surface area (Å²) in [6, 6.07) is 8.55. The highest BCUT2D eigenvalue weighted by Gasteiger charge is 2.32. The Labute approximate surface area is 500 Å². The number of rotatable bonds is 18. The minimum Gasteiger partial charge on any atom is -0.505 e. The Bertz CT molecular complexity index is 5510. The average molecular weight is 1390 g/mol. The summed E-state index contributed by atoms with van der Waals surface area (Å²) in [5.74, 6) is -5.98. The zero-order chi connectivity index (χ0) is 67.1. The van der Waals surface area contributed by atoms with E-state index in [0.29, 0.717) is 41.1 Å². The van der Waals surface area contributed by atoms with Gasteiger partial charge in [0.1, 0.15) is 63.5 Å². The lowest BCUT2D eigenvalue weighted by Gasteiger charge is -2.15. The number of anilines is 1. The number of nitro groups is 1. The molecule has 0 amide bonds. The molecule has 0 aliphatic rings. The fourth-order valence-electron chi connectivity index (χ4n) is 8.08. The predicted octanol–water partition coefficient (Wildman–Crippen LogP) is 7.18. The number of nitrogen functional groups attached to an aromatic ring is 1. The summed E-state index contributed by atoms with van der Waals surface area (Å²) in [6.07, 6.45) is 0. The second kappa shape index (κ2) is 22.9. The number of carboxylic acid groups (broad SMARTS) is 1. The lowest BCUT2D eigenvalue weighted by Crippen LogP contribution is -2.04. The number of carbonyl (C=O) groups is 1. The van der Waals surface area contributed by atoms with E-state index in [0.717, 1.165) is 37.3 Å². The van der Waals surface area contributed by atoms with Crippen LogP contribution in [-0.2, 0) is 70.8 Å². The van der Waals surface area contributed by atoms with Gasteiger partial charge in [-0.3, -0.25) is 42.0 Å². The molecule has 8 rings (SSSR count). The van der Waals surface area contributed by atoms with Crippen molar-refractivity contribution in [2.75, 3.05) is 5.73 Å². The second-order valence-corrected chi connectivity index (χ2v) is 27.5. The van der Waals surface area contributed by atoms with Gasteiger partial charge < -0.3 is 26.2 Å². The van der Waals surface area contributed by atoms with Gasteiger partial charge in [0.05, 0.1) is 32.3 Å². The fraction of sp³-hybridized carbons (Fsp3) is 0.0233. The smallest absolute Gasteiger partial charge is 0.358 e. The van der Waals surface area contributed by atoms with Crippen molar-refractivity contribution in [2.24, 2.45) is 40.9 Å². The van der Waals surface area contributed by atoms with Crippen LogP contribution >= 0.6 is 0 Å². The van der Waals surface area contributed by atoms with Crippen LogP contribution in [0.25, 0.3) is 27.2 Å². The van der Waals surface area contributed by atoms with E-state index >= 15 is 0 Å². The van der Waals surface area contributed by atoms with Crippen LogP contribution in [0.2, 0.25) is 0 Å². The molecule has 472 valence electrons. The molecule has 0 radical (unpaired) electrons. The van der Waals surface area contributed by atoms with Crippen molar-refractivity contribution in [3.63, 3.8) is 0 Å². The minimum atomic E-state index is -5.81. The number of non-ortho nitro benzene ring substituents is 1. The quantitative estimate of drug-likeness (QED) is 0.0133. The molecule has 0 unspecified atom stereocenters. The number of aromatic carboxylic acids is 1. The van der Waals surface area contributed by atoms with Crippen LogP contribution in [0.3, 0.4) is 0 Å². The number of aromatic hydroxyl groups is 3. The molecule has 0 saturated heterocycles. The van der Waals surface area contributed by atoms with Crippen LogP contribution in [0.4, 0.5) is 56.9 Å². The van der Waals surface area contributed by atoms with E-state index < -0.39 is 217 Å². The van der Waals surface area contributed by atoms with Crippen molar-refractivity contribution in [1.29, 1.82) is 0 Å². The van der Waals surface area contributed by atoms with Crippen LogP contribution in [0, 0.1) is 17.0 Å². The monoisotopic (exact) mass is 1390 g/mol. The molecule has 90 heavy (non-hydrogen) atoms. The van der Waals surface area contributed by atoms with E-state index in [-0.39, 0.29) is 29.4 Å². The van der Waals surface area contributed by atoms with E-state index in [1.165, 1.54) is 0 Å². The summed E-state index contributed by atoms with van der Waals surface area (Å²) < 4.78 is 247. The van der Waals surface area contributed by atoms with Gasteiger partial charge in [-0.2, -0.15) is 73.8 Å². The second-order valence-electron chi connectivity index (χ2n) is 17.8. The van der Waals surface area contributed by atoms with Crippen molar-refractivity contribution in [3.8, 4) is 23.1 Å². The summed E-state index contributed by atoms with van der Waals surface area (Å²) in [6.45, 7) is 1.11. The summed E-state index contributed by atoms with van der Waals surface area (Å²) >= 11 is 0. The van der Waals surface area contributed by atoms with E-state index in [4.69, 9.17) is 5.73 Å². The van der Waals surface area contributed by atoms with Crippen molar-refractivity contribution >= 4 is 155 Å². The molecule has 0 aliphatic heterocycles. The number of nitro benzene ring substituents is 1. The molecule has 0 aliphatic carbocycles. The van der Waals surface area contributed by atoms with E-state index in [9.17, 15) is 126 Å². The maximum absolute atomic E-state index is 13.2. The third-order valence-electron chi connectivity index (χ3n) is 12.0. The molecule has 13 N–H and O–H groups in total. The number of phenols is 2. The predicted molar refractivity (Wildman–Crippen MR) is 298 cm³/mol. The molecular formula is C43H30N12O28S7. The molecule has 47 heteroatoms. The van der Waals surface area contributed by atoms with E-state index in [1.54, 1.807) is 0 Å². The first kappa shape index (κ1) is 66.1. The van der Waals surface area contributed by atoms with Gasteiger partial charge in [-0.1, -0.05) is 0 Å². The molecule has 7 aromatic carbocycles. The average Bonchev–Trinajstić information content (AvgIpc) is 0.914. The Balaban J connectivity index is 1.26. The number of hydrogen-bond donors (Lipinski definition) is 12. The van der Waals surface area contributed by atoms with Crippen molar-refractivity contribution in [3.05, 3.63) is 106 Å². The van der Waals surface area contributed by atoms with Crippen LogP contribution < -0.4 is 5.73 Å². The molecule has 8 aromatic rings. The van der Waals surface area contributed by atoms with Crippen molar-refractivity contribution in [2.45, 2.75) is 41.2 Å². The van der Waals surface area contributed by atoms with Gasteiger partial charge in [-0.25, -0.2) is 4.79 Å². The van der Waals surface area contributed by atoms with Crippen molar-refractivity contribution in [1.82, 2.24) is 9.78 Å². The van der Waals surface area contributed by atoms with Crippen LogP contribution in [0.5, 0.6) is 17.4 Å². The summed E-state index contributed by atoms with van der Waals surface area (Å²) in [5.41, 5.74) is -5.59. The standard InChI is InChI=1S/C43H30N12O28S7/c1-16-10-29(86(69,70)71)26(48-52-37-38(43(59)60)53-54(42(37)58)17-2-5-19(6-3-17)84(63,64)65)14-25(16)47-50-35-31(88(75,76)77)12-21-20(39(35)56)7-9-24(41(21)90(81,82)83)46-49-27-15-28(85(66,67)68)22-13-32(89(78,79)80)36(40(57)33(22)34(27)44)51-45-23-8-4-18(55(61)62)11-30(23)87(72,73)74/h2-15,56-58H,44H2,1H3,(H,59,60)(H,63,64,65)(H,66,67,68)(H,69,70,71)(H,72,73,74)(H,75,76,77)(H,78,79,80)(H,81,82,83). The molecular weight excluding hydrogens is 1360 g/mol.